The molecule has 1 heterocycles. The van der Waals surface area contributed by atoms with Gasteiger partial charge < -0.3 is 4.98 Å². The van der Waals surface area contributed by atoms with Crippen molar-refractivity contribution in [3.8, 4) is 11.4 Å². The SMILES string of the molecule is CC(C)Cc1nc(-c2ccccc2Cl)[nH]c(=O)c1I. The van der Waals surface area contributed by atoms with Gasteiger partial charge in [-0.1, -0.05) is 37.6 Å². The number of nitrogens with one attached hydrogen (secondary N) is 1. The Balaban J connectivity index is 2.57. The summed E-state index contributed by atoms with van der Waals surface area (Å²) in [6.45, 7) is 4.21. The van der Waals surface area contributed by atoms with Gasteiger partial charge in [0.1, 0.15) is 5.82 Å². The van der Waals surface area contributed by atoms with Gasteiger partial charge in [-0.15, -0.1) is 0 Å². The Kier molecular flexibility index (Phi) is 4.62. The van der Waals surface area contributed by atoms with Gasteiger partial charge in [-0.25, -0.2) is 4.98 Å². The van der Waals surface area contributed by atoms with Crippen LogP contribution in [0.3, 0.4) is 0 Å². The minimum atomic E-state index is -0.110. The summed E-state index contributed by atoms with van der Waals surface area (Å²) in [6.07, 6.45) is 0.777. The van der Waals surface area contributed by atoms with Crippen LogP contribution in [-0.2, 0) is 6.42 Å². The molecular formula is C14H14ClIN2O. The van der Waals surface area contributed by atoms with Crippen molar-refractivity contribution in [1.82, 2.24) is 9.97 Å². The molecule has 19 heavy (non-hydrogen) atoms. The van der Waals surface area contributed by atoms with E-state index in [-0.39, 0.29) is 5.56 Å². The first-order valence-electron chi connectivity index (χ1n) is 6.02. The second kappa shape index (κ2) is 6.05. The zero-order valence-corrected chi connectivity index (χ0v) is 13.6. The normalized spacial score (nSPS) is 11.0. The lowest BCUT2D eigenvalue weighted by Gasteiger charge is -2.09. The fourth-order valence-electron chi connectivity index (χ4n) is 1.81. The van der Waals surface area contributed by atoms with Gasteiger partial charge in [0.2, 0.25) is 0 Å². The number of hydrogen-bond donors (Lipinski definition) is 1. The molecule has 2 rings (SSSR count). The standard InChI is InChI=1S/C14H14ClIN2O/c1-8(2)7-11-12(16)14(19)18-13(17-11)9-5-3-4-6-10(9)15/h3-6,8H,7H2,1-2H3,(H,17,18,19). The van der Waals surface area contributed by atoms with Crippen LogP contribution in [0.1, 0.15) is 19.5 Å². The third-order valence-corrected chi connectivity index (χ3v) is 4.10. The average Bonchev–Trinajstić information content (AvgIpc) is 2.35. The summed E-state index contributed by atoms with van der Waals surface area (Å²) in [5, 5.41) is 0.586. The predicted molar refractivity (Wildman–Crippen MR) is 86.6 cm³/mol. The maximum Gasteiger partial charge on any atom is 0.264 e. The molecule has 0 aliphatic rings. The van der Waals surface area contributed by atoms with E-state index in [0.29, 0.717) is 20.3 Å². The number of benzene rings is 1. The van der Waals surface area contributed by atoms with Crippen LogP contribution < -0.4 is 5.56 Å². The molecule has 0 aliphatic heterocycles. The number of nitrogens with zero attached hydrogens (tertiary/aromatic N) is 1. The molecule has 1 aromatic carbocycles. The Labute approximate surface area is 130 Å². The third-order valence-electron chi connectivity index (χ3n) is 2.66. The van der Waals surface area contributed by atoms with E-state index in [9.17, 15) is 4.79 Å². The van der Waals surface area contributed by atoms with Crippen molar-refractivity contribution in [3.05, 3.63) is 48.9 Å². The fourth-order valence-corrected chi connectivity index (χ4v) is 2.51. The molecule has 100 valence electrons. The molecule has 0 saturated heterocycles. The summed E-state index contributed by atoms with van der Waals surface area (Å²) in [5.74, 6) is 0.980. The quantitative estimate of drug-likeness (QED) is 0.811. The number of aromatic nitrogens is 2. The number of H-pyrrole nitrogens is 1. The summed E-state index contributed by atoms with van der Waals surface area (Å²) in [4.78, 5) is 19.3. The van der Waals surface area contributed by atoms with Crippen LogP contribution in [0.5, 0.6) is 0 Å². The van der Waals surface area contributed by atoms with E-state index in [4.69, 9.17) is 11.6 Å². The maximum absolute atomic E-state index is 12.0. The molecule has 0 fully saturated rings. The minimum Gasteiger partial charge on any atom is -0.306 e. The first-order chi connectivity index (χ1) is 8.99. The van der Waals surface area contributed by atoms with Gasteiger partial charge in [-0.2, -0.15) is 0 Å². The average molecular weight is 389 g/mol. The maximum atomic E-state index is 12.0. The first kappa shape index (κ1) is 14.5. The molecule has 1 aromatic heterocycles. The smallest absolute Gasteiger partial charge is 0.264 e. The van der Waals surface area contributed by atoms with Crippen molar-refractivity contribution < 1.29 is 0 Å². The van der Waals surface area contributed by atoms with E-state index in [0.717, 1.165) is 17.7 Å². The number of hydrogen-bond acceptors (Lipinski definition) is 2. The summed E-state index contributed by atoms with van der Waals surface area (Å²) in [7, 11) is 0. The Morgan fingerprint density at radius 2 is 2.05 bits per heavy atom. The molecule has 0 atom stereocenters. The number of halogens is 2. The number of rotatable bonds is 3. The van der Waals surface area contributed by atoms with E-state index in [1.54, 1.807) is 6.07 Å². The van der Waals surface area contributed by atoms with Crippen LogP contribution in [0.2, 0.25) is 5.02 Å². The van der Waals surface area contributed by atoms with E-state index in [1.807, 2.05) is 40.8 Å². The highest BCUT2D eigenvalue weighted by atomic mass is 127. The van der Waals surface area contributed by atoms with Crippen LogP contribution in [0, 0.1) is 9.49 Å². The van der Waals surface area contributed by atoms with E-state index >= 15 is 0 Å². The van der Waals surface area contributed by atoms with E-state index in [1.165, 1.54) is 0 Å². The Hall–Kier alpha value is -0.880. The largest absolute Gasteiger partial charge is 0.306 e. The Morgan fingerprint density at radius 3 is 2.68 bits per heavy atom. The zero-order chi connectivity index (χ0) is 14.0. The molecule has 0 unspecified atom stereocenters. The van der Waals surface area contributed by atoms with E-state index < -0.39 is 0 Å². The van der Waals surface area contributed by atoms with Crippen molar-refractivity contribution >= 4 is 34.2 Å². The summed E-state index contributed by atoms with van der Waals surface area (Å²) in [5.41, 5.74) is 1.47. The lowest BCUT2D eigenvalue weighted by Crippen LogP contribution is -2.17. The zero-order valence-electron chi connectivity index (χ0n) is 10.7. The molecule has 0 amide bonds. The van der Waals surface area contributed by atoms with Gasteiger partial charge in [-0.05, 0) is 47.1 Å². The molecule has 0 aliphatic carbocycles. The van der Waals surface area contributed by atoms with Crippen molar-refractivity contribution in [2.75, 3.05) is 0 Å². The lowest BCUT2D eigenvalue weighted by atomic mass is 10.1. The molecule has 2 aromatic rings. The van der Waals surface area contributed by atoms with Crippen LogP contribution >= 0.6 is 34.2 Å². The molecule has 5 heteroatoms. The highest BCUT2D eigenvalue weighted by molar-refractivity contribution is 14.1. The van der Waals surface area contributed by atoms with Gasteiger partial charge in [0.25, 0.3) is 5.56 Å². The monoisotopic (exact) mass is 388 g/mol. The first-order valence-corrected chi connectivity index (χ1v) is 7.48. The van der Waals surface area contributed by atoms with Crippen LogP contribution in [0.4, 0.5) is 0 Å². The molecule has 0 spiro atoms. The molecule has 0 radical (unpaired) electrons. The lowest BCUT2D eigenvalue weighted by molar-refractivity contribution is 0.631. The van der Waals surface area contributed by atoms with Crippen molar-refractivity contribution in [3.63, 3.8) is 0 Å². The predicted octanol–water partition coefficient (Wildman–Crippen LogP) is 3.89. The van der Waals surface area contributed by atoms with Gasteiger partial charge in [0.05, 0.1) is 14.3 Å². The fraction of sp³-hybridized carbons (Fsp3) is 0.286. The van der Waals surface area contributed by atoms with Gasteiger partial charge in [0, 0.05) is 5.56 Å². The highest BCUT2D eigenvalue weighted by Crippen LogP contribution is 2.24. The van der Waals surface area contributed by atoms with Gasteiger partial charge >= 0.3 is 0 Å². The Bertz CT molecular complexity index is 652. The van der Waals surface area contributed by atoms with Crippen LogP contribution in [0.25, 0.3) is 11.4 Å². The van der Waals surface area contributed by atoms with Crippen molar-refractivity contribution in [2.45, 2.75) is 20.3 Å². The van der Waals surface area contributed by atoms with Crippen LogP contribution in [0.15, 0.2) is 29.1 Å². The molecule has 0 saturated carbocycles. The van der Waals surface area contributed by atoms with Crippen LogP contribution in [-0.4, -0.2) is 9.97 Å². The second-order valence-corrected chi connectivity index (χ2v) is 6.24. The molecule has 0 bridgehead atoms. The minimum absolute atomic E-state index is 0.110. The molecular weight excluding hydrogens is 375 g/mol. The highest BCUT2D eigenvalue weighted by Gasteiger charge is 2.13. The van der Waals surface area contributed by atoms with Gasteiger partial charge in [-0.3, -0.25) is 4.79 Å². The third kappa shape index (κ3) is 3.36. The summed E-state index contributed by atoms with van der Waals surface area (Å²) in [6, 6.07) is 7.37. The van der Waals surface area contributed by atoms with Crippen molar-refractivity contribution in [2.24, 2.45) is 5.92 Å². The summed E-state index contributed by atoms with van der Waals surface area (Å²) >= 11 is 8.19. The van der Waals surface area contributed by atoms with Crippen molar-refractivity contribution in [1.29, 1.82) is 0 Å². The molecule has 3 nitrogen and oxygen atoms in total. The second-order valence-electron chi connectivity index (χ2n) is 4.75. The summed E-state index contributed by atoms with van der Waals surface area (Å²) < 4.78 is 0.655. The Morgan fingerprint density at radius 1 is 1.37 bits per heavy atom. The van der Waals surface area contributed by atoms with Gasteiger partial charge in [0.15, 0.2) is 0 Å². The topological polar surface area (TPSA) is 45.8 Å². The molecule has 1 N–H and O–H groups in total. The van der Waals surface area contributed by atoms with E-state index in [2.05, 4.69) is 23.8 Å². The number of aromatic amines is 1.